The molecule has 0 saturated carbocycles. The van der Waals surface area contributed by atoms with Gasteiger partial charge in [0.15, 0.2) is 0 Å². The lowest BCUT2D eigenvalue weighted by Gasteiger charge is -2.31. The third kappa shape index (κ3) is 3.27. The van der Waals surface area contributed by atoms with E-state index in [0.717, 1.165) is 18.5 Å². The first kappa shape index (κ1) is 16.4. The van der Waals surface area contributed by atoms with Crippen molar-refractivity contribution in [2.75, 3.05) is 31.1 Å². The van der Waals surface area contributed by atoms with Crippen LogP contribution in [0.3, 0.4) is 0 Å². The van der Waals surface area contributed by atoms with Gasteiger partial charge >= 0.3 is 0 Å². The fraction of sp³-hybridized carbons (Fsp3) is 0.562. The first-order chi connectivity index (χ1) is 11.0. The molecule has 2 heterocycles. The molecule has 2 saturated heterocycles. The van der Waals surface area contributed by atoms with Crippen LogP contribution in [0.2, 0.25) is 0 Å². The molecule has 6 nitrogen and oxygen atoms in total. The van der Waals surface area contributed by atoms with Gasteiger partial charge in [0.05, 0.1) is 17.6 Å². The van der Waals surface area contributed by atoms with Crippen molar-refractivity contribution < 1.29 is 17.9 Å². The Bertz CT molecular complexity index is 672. The second-order valence-electron chi connectivity index (χ2n) is 5.91. The minimum Gasteiger partial charge on any atom is -0.375 e. The van der Waals surface area contributed by atoms with Crippen molar-refractivity contribution in [1.82, 2.24) is 4.31 Å². The molecule has 3 rings (SSSR count). The van der Waals surface area contributed by atoms with E-state index in [9.17, 15) is 13.2 Å². The van der Waals surface area contributed by atoms with Crippen LogP contribution in [-0.4, -0.2) is 51.0 Å². The van der Waals surface area contributed by atoms with Crippen molar-refractivity contribution in [2.24, 2.45) is 0 Å². The van der Waals surface area contributed by atoms with E-state index in [1.807, 2.05) is 6.92 Å². The Morgan fingerprint density at radius 1 is 1.22 bits per heavy atom. The lowest BCUT2D eigenvalue weighted by Crippen LogP contribution is -2.45. The molecular formula is C16H22N2O4S. The van der Waals surface area contributed by atoms with Crippen LogP contribution in [0.5, 0.6) is 0 Å². The van der Waals surface area contributed by atoms with E-state index in [2.05, 4.69) is 0 Å². The summed E-state index contributed by atoms with van der Waals surface area (Å²) in [5.74, 6) is 0.0968. The molecule has 7 heteroatoms. The van der Waals surface area contributed by atoms with Gasteiger partial charge in [0.2, 0.25) is 15.9 Å². The Morgan fingerprint density at radius 2 is 1.96 bits per heavy atom. The summed E-state index contributed by atoms with van der Waals surface area (Å²) in [5, 5.41) is 0. The molecule has 0 spiro atoms. The van der Waals surface area contributed by atoms with E-state index < -0.39 is 10.0 Å². The number of morpholine rings is 1. The van der Waals surface area contributed by atoms with E-state index in [1.54, 1.807) is 29.2 Å². The number of carbonyl (C=O) groups is 1. The maximum absolute atomic E-state index is 12.7. The molecule has 2 fully saturated rings. The van der Waals surface area contributed by atoms with Crippen LogP contribution < -0.4 is 4.90 Å². The number of carbonyl (C=O) groups excluding carboxylic acids is 1. The number of sulfonamides is 1. The molecule has 1 aromatic rings. The summed E-state index contributed by atoms with van der Waals surface area (Å²) in [6, 6.07) is 6.61. The van der Waals surface area contributed by atoms with Gasteiger partial charge in [-0.25, -0.2) is 8.42 Å². The number of hydrogen-bond donors (Lipinski definition) is 0. The van der Waals surface area contributed by atoms with Gasteiger partial charge in [-0.3, -0.25) is 4.79 Å². The van der Waals surface area contributed by atoms with Crippen LogP contribution in [0.25, 0.3) is 0 Å². The number of rotatable bonds is 4. The Hall–Kier alpha value is -1.44. The first-order valence-corrected chi connectivity index (χ1v) is 9.48. The number of benzene rings is 1. The monoisotopic (exact) mass is 338 g/mol. The van der Waals surface area contributed by atoms with Crippen molar-refractivity contribution in [3.05, 3.63) is 24.3 Å². The second kappa shape index (κ2) is 6.59. The molecule has 1 atom stereocenters. The predicted octanol–water partition coefficient (Wildman–Crippen LogP) is 1.61. The molecule has 126 valence electrons. The van der Waals surface area contributed by atoms with Gasteiger partial charge in [-0.1, -0.05) is 6.92 Å². The highest BCUT2D eigenvalue weighted by Crippen LogP contribution is 2.25. The highest BCUT2D eigenvalue weighted by atomic mass is 32.2. The molecule has 0 aliphatic carbocycles. The summed E-state index contributed by atoms with van der Waals surface area (Å²) in [6.45, 7) is 3.89. The fourth-order valence-corrected chi connectivity index (χ4v) is 4.48. The van der Waals surface area contributed by atoms with Crippen molar-refractivity contribution >= 4 is 21.6 Å². The van der Waals surface area contributed by atoms with Crippen LogP contribution in [0.15, 0.2) is 29.2 Å². The van der Waals surface area contributed by atoms with Gasteiger partial charge in [-0.15, -0.1) is 0 Å². The predicted molar refractivity (Wildman–Crippen MR) is 86.8 cm³/mol. The maximum atomic E-state index is 12.7. The lowest BCUT2D eigenvalue weighted by molar-refractivity contribution is -0.117. The number of nitrogens with zero attached hydrogens (tertiary/aromatic N) is 2. The van der Waals surface area contributed by atoms with Crippen LogP contribution in [0, 0.1) is 0 Å². The number of hydrogen-bond acceptors (Lipinski definition) is 4. The smallest absolute Gasteiger partial charge is 0.243 e. The van der Waals surface area contributed by atoms with Gasteiger partial charge < -0.3 is 9.64 Å². The number of ether oxygens (including phenoxy) is 1. The third-order valence-electron chi connectivity index (χ3n) is 4.42. The summed E-state index contributed by atoms with van der Waals surface area (Å²) in [6.07, 6.45) is 2.17. The molecule has 2 aliphatic heterocycles. The topological polar surface area (TPSA) is 66.9 Å². The molecule has 1 aromatic carbocycles. The average Bonchev–Trinajstić information content (AvgIpc) is 3.01. The molecule has 1 unspecified atom stereocenters. The highest BCUT2D eigenvalue weighted by Gasteiger charge is 2.30. The summed E-state index contributed by atoms with van der Waals surface area (Å²) in [4.78, 5) is 13.7. The zero-order valence-corrected chi connectivity index (χ0v) is 14.1. The molecule has 0 bridgehead atoms. The largest absolute Gasteiger partial charge is 0.375 e. The average molecular weight is 338 g/mol. The number of amides is 1. The summed E-state index contributed by atoms with van der Waals surface area (Å²) in [5.41, 5.74) is 0.764. The minimum absolute atomic E-state index is 0.0416. The summed E-state index contributed by atoms with van der Waals surface area (Å²) in [7, 11) is -3.51. The van der Waals surface area contributed by atoms with E-state index in [1.165, 1.54) is 4.31 Å². The second-order valence-corrected chi connectivity index (χ2v) is 7.84. The molecular weight excluding hydrogens is 316 g/mol. The normalized spacial score (nSPS) is 23.4. The first-order valence-electron chi connectivity index (χ1n) is 8.04. The quantitative estimate of drug-likeness (QED) is 0.836. The Kier molecular flexibility index (Phi) is 4.70. The fourth-order valence-electron chi connectivity index (χ4n) is 3.03. The molecule has 0 N–H and O–H groups in total. The van der Waals surface area contributed by atoms with Crippen molar-refractivity contribution in [3.63, 3.8) is 0 Å². The van der Waals surface area contributed by atoms with Gasteiger partial charge in [0.25, 0.3) is 0 Å². The molecule has 1 amide bonds. The van der Waals surface area contributed by atoms with Crippen LogP contribution in [-0.2, 0) is 19.6 Å². The lowest BCUT2D eigenvalue weighted by atomic mass is 10.2. The van der Waals surface area contributed by atoms with Crippen LogP contribution in [0.4, 0.5) is 5.69 Å². The van der Waals surface area contributed by atoms with E-state index >= 15 is 0 Å². The minimum atomic E-state index is -3.51. The van der Waals surface area contributed by atoms with E-state index in [0.29, 0.717) is 32.7 Å². The van der Waals surface area contributed by atoms with Gasteiger partial charge in [0, 0.05) is 31.7 Å². The van der Waals surface area contributed by atoms with Gasteiger partial charge in [-0.2, -0.15) is 4.31 Å². The standard InChI is InChI=1S/C16H22N2O4S/c1-2-14-12-17(10-11-22-14)23(20,21)15-7-5-13(6-8-15)18-9-3-4-16(18)19/h5-8,14H,2-4,9-12H2,1H3. The third-order valence-corrected chi connectivity index (χ3v) is 6.30. The molecule has 0 radical (unpaired) electrons. The maximum Gasteiger partial charge on any atom is 0.243 e. The van der Waals surface area contributed by atoms with Crippen molar-refractivity contribution in [1.29, 1.82) is 0 Å². The summed E-state index contributed by atoms with van der Waals surface area (Å²) < 4.78 is 32.5. The van der Waals surface area contributed by atoms with E-state index in [4.69, 9.17) is 4.74 Å². The van der Waals surface area contributed by atoms with Crippen molar-refractivity contribution in [3.8, 4) is 0 Å². The SMILES string of the molecule is CCC1CN(S(=O)(=O)c2ccc(N3CCCC3=O)cc2)CCO1. The zero-order chi connectivity index (χ0) is 16.4. The van der Waals surface area contributed by atoms with Gasteiger partial charge in [-0.05, 0) is 37.1 Å². The number of anilines is 1. The Balaban J connectivity index is 1.79. The summed E-state index contributed by atoms with van der Waals surface area (Å²) >= 11 is 0. The molecule has 0 aromatic heterocycles. The van der Waals surface area contributed by atoms with Crippen LogP contribution >= 0.6 is 0 Å². The Morgan fingerprint density at radius 3 is 2.57 bits per heavy atom. The van der Waals surface area contributed by atoms with Crippen molar-refractivity contribution in [2.45, 2.75) is 37.2 Å². The highest BCUT2D eigenvalue weighted by molar-refractivity contribution is 7.89. The molecule has 2 aliphatic rings. The van der Waals surface area contributed by atoms with Gasteiger partial charge in [0.1, 0.15) is 0 Å². The zero-order valence-electron chi connectivity index (χ0n) is 13.3. The Labute approximate surface area is 137 Å². The van der Waals surface area contributed by atoms with Crippen LogP contribution in [0.1, 0.15) is 26.2 Å². The molecule has 23 heavy (non-hydrogen) atoms. The van der Waals surface area contributed by atoms with E-state index in [-0.39, 0.29) is 16.9 Å².